The van der Waals surface area contributed by atoms with Crippen LogP contribution < -0.4 is 14.5 Å². The third-order valence-corrected chi connectivity index (χ3v) is 9.01. The van der Waals surface area contributed by atoms with Gasteiger partial charge in [-0.2, -0.15) is 9.97 Å². The van der Waals surface area contributed by atoms with E-state index in [1.165, 1.54) is 11.6 Å². The predicted octanol–water partition coefficient (Wildman–Crippen LogP) is 4.79. The number of aromatic nitrogens is 2. The van der Waals surface area contributed by atoms with Crippen molar-refractivity contribution < 1.29 is 9.53 Å². The van der Waals surface area contributed by atoms with Crippen molar-refractivity contribution in [1.29, 1.82) is 0 Å². The molecule has 1 saturated heterocycles. The standard InChI is InChI=1S/C32H39ClN6O2/c1-5-28(40)38-16-17-39(22(2)18-38)30-24-12-15-37(27-11-7-9-23-8-6-10-25(33)29(23)27)19-26(24)34-31(35-30)41-21-32(13-14-32)20-36(3)4/h5-11,22H,1,12-21H2,2-4H3/t22-/m0/s1. The summed E-state index contributed by atoms with van der Waals surface area (Å²) < 4.78 is 6.38. The van der Waals surface area contributed by atoms with Gasteiger partial charge in [-0.05, 0) is 63.9 Å². The van der Waals surface area contributed by atoms with Crippen molar-refractivity contribution in [3.63, 3.8) is 0 Å². The van der Waals surface area contributed by atoms with Crippen LogP contribution in [0.3, 0.4) is 0 Å². The Bertz CT molecular complexity index is 1470. The lowest BCUT2D eigenvalue weighted by atomic mass is 10.0. The van der Waals surface area contributed by atoms with Crippen molar-refractivity contribution in [1.82, 2.24) is 19.8 Å². The van der Waals surface area contributed by atoms with Crippen LogP contribution >= 0.6 is 11.6 Å². The molecule has 1 atom stereocenters. The summed E-state index contributed by atoms with van der Waals surface area (Å²) in [7, 11) is 4.22. The number of hydrogen-bond donors (Lipinski definition) is 0. The Hall–Kier alpha value is -3.36. The fourth-order valence-corrected chi connectivity index (χ4v) is 6.73. The van der Waals surface area contributed by atoms with Gasteiger partial charge in [-0.3, -0.25) is 4.79 Å². The van der Waals surface area contributed by atoms with Gasteiger partial charge in [0.2, 0.25) is 5.91 Å². The normalized spacial score (nSPS) is 19.8. The van der Waals surface area contributed by atoms with Gasteiger partial charge in [0.05, 0.1) is 23.9 Å². The molecule has 2 aromatic carbocycles. The lowest BCUT2D eigenvalue weighted by Gasteiger charge is -2.42. The van der Waals surface area contributed by atoms with Gasteiger partial charge in [-0.25, -0.2) is 0 Å². The smallest absolute Gasteiger partial charge is 0.318 e. The van der Waals surface area contributed by atoms with E-state index in [1.807, 2.05) is 17.0 Å². The van der Waals surface area contributed by atoms with Crippen LogP contribution in [0.25, 0.3) is 10.8 Å². The lowest BCUT2D eigenvalue weighted by molar-refractivity contribution is -0.126. The molecule has 2 fully saturated rings. The maximum Gasteiger partial charge on any atom is 0.318 e. The Balaban J connectivity index is 1.33. The Morgan fingerprint density at radius 3 is 2.66 bits per heavy atom. The number of carbonyl (C=O) groups is 1. The summed E-state index contributed by atoms with van der Waals surface area (Å²) >= 11 is 6.70. The molecule has 3 aromatic rings. The van der Waals surface area contributed by atoms with Gasteiger partial charge in [0.15, 0.2) is 0 Å². The van der Waals surface area contributed by atoms with Gasteiger partial charge < -0.3 is 24.3 Å². The summed E-state index contributed by atoms with van der Waals surface area (Å²) in [5, 5.41) is 2.96. The van der Waals surface area contributed by atoms with Crippen molar-refractivity contribution in [2.75, 3.05) is 63.2 Å². The molecular formula is C32H39ClN6O2. The van der Waals surface area contributed by atoms with Crippen LogP contribution in [-0.4, -0.2) is 85.1 Å². The molecule has 0 bridgehead atoms. The third-order valence-electron chi connectivity index (χ3n) is 8.70. The number of fused-ring (bicyclic) bond motifs is 2. The molecule has 0 unspecified atom stereocenters. The van der Waals surface area contributed by atoms with Crippen LogP contribution in [0.15, 0.2) is 49.1 Å². The maximum atomic E-state index is 12.3. The van der Waals surface area contributed by atoms with Crippen LogP contribution in [0.5, 0.6) is 6.01 Å². The van der Waals surface area contributed by atoms with E-state index in [4.69, 9.17) is 26.3 Å². The minimum atomic E-state index is -0.0229. The Morgan fingerprint density at radius 2 is 1.95 bits per heavy atom. The number of anilines is 2. The van der Waals surface area contributed by atoms with E-state index in [-0.39, 0.29) is 17.4 Å². The zero-order chi connectivity index (χ0) is 28.7. The highest BCUT2D eigenvalue weighted by Crippen LogP contribution is 2.46. The third kappa shape index (κ3) is 5.60. The van der Waals surface area contributed by atoms with E-state index in [1.54, 1.807) is 0 Å². The number of carbonyl (C=O) groups excluding carboxylic acids is 1. The Kier molecular flexibility index (Phi) is 7.55. The molecule has 0 radical (unpaired) electrons. The van der Waals surface area contributed by atoms with Crippen molar-refractivity contribution in [3.05, 3.63) is 65.3 Å². The second-order valence-corrected chi connectivity index (χ2v) is 12.5. The zero-order valence-electron chi connectivity index (χ0n) is 24.3. The van der Waals surface area contributed by atoms with Crippen LogP contribution in [0, 0.1) is 5.41 Å². The molecule has 216 valence electrons. The van der Waals surface area contributed by atoms with Crippen molar-refractivity contribution in [3.8, 4) is 6.01 Å². The topological polar surface area (TPSA) is 65.0 Å². The molecule has 1 aliphatic carbocycles. The largest absolute Gasteiger partial charge is 0.463 e. The highest BCUT2D eigenvalue weighted by Gasteiger charge is 2.44. The van der Waals surface area contributed by atoms with E-state index in [0.717, 1.165) is 65.3 Å². The summed E-state index contributed by atoms with van der Waals surface area (Å²) in [6.45, 7) is 10.9. The highest BCUT2D eigenvalue weighted by atomic mass is 35.5. The van der Waals surface area contributed by atoms with Crippen LogP contribution in [0.2, 0.25) is 5.02 Å². The van der Waals surface area contributed by atoms with Crippen LogP contribution in [-0.2, 0) is 17.8 Å². The van der Waals surface area contributed by atoms with Gasteiger partial charge in [0.1, 0.15) is 5.82 Å². The van der Waals surface area contributed by atoms with Gasteiger partial charge in [-0.1, -0.05) is 42.4 Å². The summed E-state index contributed by atoms with van der Waals surface area (Å²) in [5.41, 5.74) is 3.46. The number of amides is 1. The first-order chi connectivity index (χ1) is 19.8. The second-order valence-electron chi connectivity index (χ2n) is 12.1. The highest BCUT2D eigenvalue weighted by molar-refractivity contribution is 6.36. The number of rotatable bonds is 8. The van der Waals surface area contributed by atoms with Crippen LogP contribution in [0.1, 0.15) is 31.0 Å². The molecular weight excluding hydrogens is 536 g/mol. The number of hydrogen-bond acceptors (Lipinski definition) is 7. The van der Waals surface area contributed by atoms with Crippen molar-refractivity contribution in [2.24, 2.45) is 5.41 Å². The molecule has 6 rings (SSSR count). The second kappa shape index (κ2) is 11.1. The zero-order valence-corrected chi connectivity index (χ0v) is 25.0. The first kappa shape index (κ1) is 27.8. The van der Waals surface area contributed by atoms with Gasteiger partial charge in [-0.15, -0.1) is 0 Å². The maximum absolute atomic E-state index is 12.3. The minimum Gasteiger partial charge on any atom is -0.463 e. The summed E-state index contributed by atoms with van der Waals surface area (Å²) in [6.07, 6.45) is 4.54. The van der Waals surface area contributed by atoms with E-state index >= 15 is 0 Å². The number of nitrogens with zero attached hydrogens (tertiary/aromatic N) is 6. The predicted molar refractivity (Wildman–Crippen MR) is 165 cm³/mol. The molecule has 3 heterocycles. The van der Waals surface area contributed by atoms with Gasteiger partial charge >= 0.3 is 6.01 Å². The molecule has 0 N–H and O–H groups in total. The monoisotopic (exact) mass is 574 g/mol. The molecule has 3 aliphatic rings. The summed E-state index contributed by atoms with van der Waals surface area (Å²) in [5.74, 6) is 0.918. The first-order valence-corrected chi connectivity index (χ1v) is 14.9. The molecule has 0 spiro atoms. The molecule has 9 heteroatoms. The Labute approximate surface area is 247 Å². The van der Waals surface area contributed by atoms with Gasteiger partial charge in [0, 0.05) is 60.8 Å². The van der Waals surface area contributed by atoms with E-state index in [9.17, 15) is 4.79 Å². The molecule has 41 heavy (non-hydrogen) atoms. The van der Waals surface area contributed by atoms with Crippen molar-refractivity contribution >= 4 is 39.8 Å². The van der Waals surface area contributed by atoms with E-state index < -0.39 is 0 Å². The number of benzene rings is 2. The van der Waals surface area contributed by atoms with E-state index in [0.29, 0.717) is 38.8 Å². The molecule has 8 nitrogen and oxygen atoms in total. The molecule has 1 amide bonds. The Morgan fingerprint density at radius 1 is 1.17 bits per heavy atom. The van der Waals surface area contributed by atoms with Crippen LogP contribution in [0.4, 0.5) is 11.5 Å². The number of halogens is 1. The van der Waals surface area contributed by atoms with Gasteiger partial charge in [0.25, 0.3) is 0 Å². The molecule has 1 saturated carbocycles. The first-order valence-electron chi connectivity index (χ1n) is 14.5. The van der Waals surface area contributed by atoms with E-state index in [2.05, 4.69) is 66.6 Å². The minimum absolute atomic E-state index is 0.0229. The fraction of sp³-hybridized carbons (Fsp3) is 0.469. The fourth-order valence-electron chi connectivity index (χ4n) is 6.45. The number of ether oxygens (including phenoxy) is 1. The van der Waals surface area contributed by atoms with Crippen molar-refractivity contribution in [2.45, 2.75) is 38.8 Å². The summed E-state index contributed by atoms with van der Waals surface area (Å²) in [4.78, 5) is 31.2. The summed E-state index contributed by atoms with van der Waals surface area (Å²) in [6, 6.07) is 13.0. The SMILES string of the molecule is C=CC(=O)N1CCN(c2nc(OCC3(CN(C)C)CC3)nc3c2CCN(c2cccc4cccc(Cl)c24)C3)[C@@H](C)C1. The molecule has 2 aliphatic heterocycles. The molecule has 1 aromatic heterocycles. The lowest BCUT2D eigenvalue weighted by Crippen LogP contribution is -2.54. The quantitative estimate of drug-likeness (QED) is 0.358. The number of piperazine rings is 1. The average Bonchev–Trinajstić information content (AvgIpc) is 3.73. The average molecular weight is 575 g/mol.